The Balaban J connectivity index is 1.27. The molecule has 2 atom stereocenters. The zero-order valence-electron chi connectivity index (χ0n) is 14.8. The minimum Gasteiger partial charge on any atom is -0.379 e. The van der Waals surface area contributed by atoms with Gasteiger partial charge in [0.25, 0.3) is 0 Å². The lowest BCUT2D eigenvalue weighted by Crippen LogP contribution is -2.54. The molecule has 0 unspecified atom stereocenters. The lowest BCUT2D eigenvalue weighted by molar-refractivity contribution is -0.0740. The van der Waals surface area contributed by atoms with Crippen molar-refractivity contribution in [2.75, 3.05) is 37.8 Å². The highest BCUT2D eigenvalue weighted by Crippen LogP contribution is 2.30. The maximum absolute atomic E-state index is 14.0. The summed E-state index contributed by atoms with van der Waals surface area (Å²) in [5, 5.41) is 3.81. The summed E-state index contributed by atoms with van der Waals surface area (Å²) in [5.41, 5.74) is 0.734. The molecule has 2 saturated heterocycles. The summed E-state index contributed by atoms with van der Waals surface area (Å²) in [6.07, 6.45) is 5.92. The Kier molecular flexibility index (Phi) is 5.54. The molecule has 3 aliphatic rings. The molecule has 1 aromatic rings. The molecule has 1 aliphatic carbocycles. The maximum atomic E-state index is 14.0. The smallest absolute Gasteiger partial charge is 0.146 e. The van der Waals surface area contributed by atoms with Gasteiger partial charge in [-0.05, 0) is 50.2 Å². The SMILES string of the molecule is Fc1ccccc1N1CCC(N[C@@H]2CCOC[C@H]2OCC2CC2)CC1. The first-order valence-corrected chi connectivity index (χ1v) is 9.74. The summed E-state index contributed by atoms with van der Waals surface area (Å²) in [5.74, 6) is 0.665. The summed E-state index contributed by atoms with van der Waals surface area (Å²) < 4.78 is 25.7. The zero-order chi connectivity index (χ0) is 17.1. The minimum atomic E-state index is -0.119. The standard InChI is InChI=1S/C20H29FN2O2/c21-17-3-1-2-4-19(17)23-10-7-16(8-11-23)22-18-9-12-24-14-20(18)25-13-15-5-6-15/h1-4,15-16,18,20,22H,5-14H2/t18-,20-/m1/s1. The van der Waals surface area contributed by atoms with Gasteiger partial charge in [-0.25, -0.2) is 4.39 Å². The van der Waals surface area contributed by atoms with Gasteiger partial charge in [-0.3, -0.25) is 0 Å². The van der Waals surface area contributed by atoms with Crippen LogP contribution in [0.5, 0.6) is 0 Å². The monoisotopic (exact) mass is 348 g/mol. The van der Waals surface area contributed by atoms with Crippen LogP contribution in [-0.2, 0) is 9.47 Å². The number of benzene rings is 1. The zero-order valence-corrected chi connectivity index (χ0v) is 14.8. The lowest BCUT2D eigenvalue weighted by Gasteiger charge is -2.39. The van der Waals surface area contributed by atoms with E-state index in [1.807, 2.05) is 12.1 Å². The predicted molar refractivity (Wildman–Crippen MR) is 96.5 cm³/mol. The van der Waals surface area contributed by atoms with Crippen molar-refractivity contribution in [3.8, 4) is 0 Å². The topological polar surface area (TPSA) is 33.7 Å². The van der Waals surface area contributed by atoms with Crippen molar-refractivity contribution in [3.63, 3.8) is 0 Å². The summed E-state index contributed by atoms with van der Waals surface area (Å²) >= 11 is 0. The van der Waals surface area contributed by atoms with Crippen LogP contribution in [0.15, 0.2) is 24.3 Å². The van der Waals surface area contributed by atoms with Crippen molar-refractivity contribution in [1.29, 1.82) is 0 Å². The van der Waals surface area contributed by atoms with Gasteiger partial charge in [0.15, 0.2) is 0 Å². The van der Waals surface area contributed by atoms with E-state index in [1.54, 1.807) is 12.1 Å². The van der Waals surface area contributed by atoms with Crippen molar-refractivity contribution in [3.05, 3.63) is 30.1 Å². The molecule has 0 bridgehead atoms. The van der Waals surface area contributed by atoms with Gasteiger partial charge in [-0.15, -0.1) is 0 Å². The van der Waals surface area contributed by atoms with Crippen molar-refractivity contribution in [2.24, 2.45) is 5.92 Å². The molecule has 5 heteroatoms. The molecular formula is C20H29FN2O2. The average molecular weight is 348 g/mol. The molecule has 0 amide bonds. The first-order chi connectivity index (χ1) is 12.3. The number of rotatable bonds is 6. The number of para-hydroxylation sites is 1. The van der Waals surface area contributed by atoms with E-state index in [-0.39, 0.29) is 11.9 Å². The molecule has 2 heterocycles. The van der Waals surface area contributed by atoms with Gasteiger partial charge in [-0.2, -0.15) is 0 Å². The van der Waals surface area contributed by atoms with Crippen LogP contribution in [0, 0.1) is 11.7 Å². The van der Waals surface area contributed by atoms with E-state index in [0.717, 1.165) is 57.2 Å². The van der Waals surface area contributed by atoms with Crippen LogP contribution in [0.25, 0.3) is 0 Å². The number of nitrogens with zero attached hydrogens (tertiary/aromatic N) is 1. The molecule has 0 spiro atoms. The highest BCUT2D eigenvalue weighted by atomic mass is 19.1. The predicted octanol–water partition coefficient (Wildman–Crippen LogP) is 2.97. The van der Waals surface area contributed by atoms with E-state index in [2.05, 4.69) is 10.2 Å². The molecule has 4 rings (SSSR count). The molecule has 0 radical (unpaired) electrons. The van der Waals surface area contributed by atoms with Gasteiger partial charge in [0.05, 0.1) is 18.4 Å². The van der Waals surface area contributed by atoms with E-state index in [1.165, 1.54) is 12.8 Å². The second kappa shape index (κ2) is 8.02. The van der Waals surface area contributed by atoms with Crippen LogP contribution in [0.2, 0.25) is 0 Å². The molecule has 4 nitrogen and oxygen atoms in total. The van der Waals surface area contributed by atoms with E-state index >= 15 is 0 Å². The molecule has 138 valence electrons. The van der Waals surface area contributed by atoms with Gasteiger partial charge in [0, 0.05) is 38.4 Å². The van der Waals surface area contributed by atoms with E-state index in [4.69, 9.17) is 9.47 Å². The Morgan fingerprint density at radius 3 is 2.68 bits per heavy atom. The Hall–Kier alpha value is -1.17. The first-order valence-electron chi connectivity index (χ1n) is 9.74. The Bertz CT molecular complexity index is 558. The highest BCUT2D eigenvalue weighted by molar-refractivity contribution is 5.47. The number of halogens is 1. The Morgan fingerprint density at radius 1 is 1.12 bits per heavy atom. The second-order valence-electron chi connectivity index (χ2n) is 7.66. The fourth-order valence-corrected chi connectivity index (χ4v) is 3.91. The van der Waals surface area contributed by atoms with Crippen LogP contribution in [0.4, 0.5) is 10.1 Å². The number of anilines is 1. The van der Waals surface area contributed by atoms with Crippen LogP contribution < -0.4 is 10.2 Å². The first kappa shape index (κ1) is 17.3. The number of hydrogen-bond acceptors (Lipinski definition) is 4. The Labute approximate surface area is 149 Å². The fourth-order valence-electron chi connectivity index (χ4n) is 3.91. The maximum Gasteiger partial charge on any atom is 0.146 e. The minimum absolute atomic E-state index is 0.119. The third-order valence-electron chi connectivity index (χ3n) is 5.68. The molecule has 3 fully saturated rings. The molecular weight excluding hydrogens is 319 g/mol. The van der Waals surface area contributed by atoms with Crippen molar-refractivity contribution in [2.45, 2.75) is 50.3 Å². The fraction of sp³-hybridized carbons (Fsp3) is 0.700. The molecule has 1 N–H and O–H groups in total. The van der Waals surface area contributed by atoms with E-state index in [0.29, 0.717) is 18.7 Å². The van der Waals surface area contributed by atoms with E-state index < -0.39 is 0 Å². The van der Waals surface area contributed by atoms with Gasteiger partial charge in [-0.1, -0.05) is 12.1 Å². The van der Waals surface area contributed by atoms with Crippen molar-refractivity contribution in [1.82, 2.24) is 5.32 Å². The van der Waals surface area contributed by atoms with E-state index in [9.17, 15) is 4.39 Å². The van der Waals surface area contributed by atoms with Gasteiger partial charge >= 0.3 is 0 Å². The molecule has 0 aromatic heterocycles. The number of piperidine rings is 1. The normalized spacial score (nSPS) is 28.3. The van der Waals surface area contributed by atoms with Gasteiger partial charge < -0.3 is 19.7 Å². The molecule has 2 aliphatic heterocycles. The quantitative estimate of drug-likeness (QED) is 0.857. The molecule has 1 saturated carbocycles. The second-order valence-corrected chi connectivity index (χ2v) is 7.66. The largest absolute Gasteiger partial charge is 0.379 e. The van der Waals surface area contributed by atoms with Crippen LogP contribution in [0.1, 0.15) is 32.1 Å². The summed E-state index contributed by atoms with van der Waals surface area (Å²) in [6, 6.07) is 7.95. The third kappa shape index (κ3) is 4.52. The summed E-state index contributed by atoms with van der Waals surface area (Å²) in [6.45, 7) is 4.20. The number of hydrogen-bond donors (Lipinski definition) is 1. The van der Waals surface area contributed by atoms with Crippen molar-refractivity contribution < 1.29 is 13.9 Å². The highest BCUT2D eigenvalue weighted by Gasteiger charge is 2.32. The third-order valence-corrected chi connectivity index (χ3v) is 5.68. The van der Waals surface area contributed by atoms with Crippen LogP contribution >= 0.6 is 0 Å². The molecule has 25 heavy (non-hydrogen) atoms. The van der Waals surface area contributed by atoms with Gasteiger partial charge in [0.1, 0.15) is 5.82 Å². The van der Waals surface area contributed by atoms with Gasteiger partial charge in [0.2, 0.25) is 0 Å². The number of nitrogens with one attached hydrogen (secondary N) is 1. The Morgan fingerprint density at radius 2 is 1.92 bits per heavy atom. The van der Waals surface area contributed by atoms with Crippen LogP contribution in [0.3, 0.4) is 0 Å². The average Bonchev–Trinajstić information content (AvgIpc) is 3.47. The van der Waals surface area contributed by atoms with Crippen LogP contribution in [-0.4, -0.2) is 51.1 Å². The summed E-state index contributed by atoms with van der Waals surface area (Å²) in [7, 11) is 0. The summed E-state index contributed by atoms with van der Waals surface area (Å²) in [4.78, 5) is 2.17. The molecule has 1 aromatic carbocycles. The van der Waals surface area contributed by atoms with Crippen molar-refractivity contribution >= 4 is 5.69 Å². The number of ether oxygens (including phenoxy) is 2. The lowest BCUT2D eigenvalue weighted by atomic mass is 9.99.